The van der Waals surface area contributed by atoms with Crippen molar-refractivity contribution in [2.75, 3.05) is 27.3 Å². The Morgan fingerprint density at radius 1 is 1.40 bits per heavy atom. The van der Waals surface area contributed by atoms with Crippen LogP contribution in [-0.2, 0) is 11.3 Å². The molecule has 1 N–H and O–H groups in total. The summed E-state index contributed by atoms with van der Waals surface area (Å²) >= 11 is 3.43. The summed E-state index contributed by atoms with van der Waals surface area (Å²) < 4.78 is 11.5. The number of carbonyl (C=O) groups is 1. The highest BCUT2D eigenvalue weighted by molar-refractivity contribution is 9.10. The first-order chi connectivity index (χ1) is 9.55. The fraction of sp³-hybridized carbons (Fsp3) is 0.500. The molecule has 1 saturated heterocycles. The van der Waals surface area contributed by atoms with E-state index < -0.39 is 5.97 Å². The van der Waals surface area contributed by atoms with Gasteiger partial charge in [0.1, 0.15) is 11.5 Å². The zero-order chi connectivity index (χ0) is 14.7. The number of hydrogen-bond acceptors (Lipinski definition) is 4. The van der Waals surface area contributed by atoms with Gasteiger partial charge in [0.05, 0.1) is 24.6 Å². The van der Waals surface area contributed by atoms with Gasteiger partial charge in [0.25, 0.3) is 0 Å². The Bertz CT molecular complexity index is 506. The lowest BCUT2D eigenvalue weighted by Crippen LogP contribution is -2.23. The Morgan fingerprint density at radius 3 is 2.65 bits per heavy atom. The van der Waals surface area contributed by atoms with Gasteiger partial charge < -0.3 is 14.6 Å². The van der Waals surface area contributed by atoms with E-state index in [0.717, 1.165) is 28.1 Å². The third-order valence-electron chi connectivity index (χ3n) is 3.57. The molecule has 2 rings (SSSR count). The number of nitrogens with zero attached hydrogens (tertiary/aromatic N) is 1. The van der Waals surface area contributed by atoms with Gasteiger partial charge in [-0.25, -0.2) is 0 Å². The molecule has 6 heteroatoms. The second-order valence-corrected chi connectivity index (χ2v) is 5.71. The molecular weight excluding hydrogens is 326 g/mol. The monoisotopic (exact) mass is 343 g/mol. The molecule has 1 unspecified atom stereocenters. The van der Waals surface area contributed by atoms with Crippen LogP contribution in [0.2, 0.25) is 0 Å². The number of rotatable bonds is 5. The van der Waals surface area contributed by atoms with Crippen molar-refractivity contribution in [1.29, 1.82) is 0 Å². The summed E-state index contributed by atoms with van der Waals surface area (Å²) in [7, 11) is 3.24. The van der Waals surface area contributed by atoms with Crippen LogP contribution in [0, 0.1) is 5.92 Å². The molecule has 1 fully saturated rings. The molecule has 1 heterocycles. The first kappa shape index (κ1) is 15.1. The van der Waals surface area contributed by atoms with Crippen molar-refractivity contribution in [3.8, 4) is 11.5 Å². The second kappa shape index (κ2) is 6.45. The lowest BCUT2D eigenvalue weighted by Gasteiger charge is -2.18. The van der Waals surface area contributed by atoms with Crippen molar-refractivity contribution < 1.29 is 19.4 Å². The lowest BCUT2D eigenvalue weighted by molar-refractivity contribution is -0.141. The van der Waals surface area contributed by atoms with E-state index in [1.54, 1.807) is 14.2 Å². The molecule has 0 spiro atoms. The minimum Gasteiger partial charge on any atom is -0.496 e. The summed E-state index contributed by atoms with van der Waals surface area (Å²) in [6, 6.07) is 3.80. The van der Waals surface area contributed by atoms with Gasteiger partial charge in [0.15, 0.2) is 0 Å². The Kier molecular flexibility index (Phi) is 4.88. The Hall–Kier alpha value is -1.27. The van der Waals surface area contributed by atoms with Gasteiger partial charge in [-0.3, -0.25) is 9.69 Å². The van der Waals surface area contributed by atoms with Crippen molar-refractivity contribution in [2.45, 2.75) is 13.0 Å². The SMILES string of the molecule is COc1cc(CN2CCC(C(=O)O)C2)c(OC)cc1Br. The summed E-state index contributed by atoms with van der Waals surface area (Å²) in [5.74, 6) is 0.539. The fourth-order valence-electron chi connectivity index (χ4n) is 2.47. The van der Waals surface area contributed by atoms with Gasteiger partial charge in [-0.1, -0.05) is 0 Å². The van der Waals surface area contributed by atoms with Gasteiger partial charge in [-0.15, -0.1) is 0 Å². The van der Waals surface area contributed by atoms with Crippen LogP contribution in [0.5, 0.6) is 11.5 Å². The van der Waals surface area contributed by atoms with E-state index in [1.165, 1.54) is 0 Å². The van der Waals surface area contributed by atoms with Crippen LogP contribution in [0.4, 0.5) is 0 Å². The number of carboxylic acid groups (broad SMARTS) is 1. The molecule has 0 aliphatic carbocycles. The van der Waals surface area contributed by atoms with E-state index in [4.69, 9.17) is 14.6 Å². The zero-order valence-electron chi connectivity index (χ0n) is 11.6. The molecule has 1 aliphatic rings. The summed E-state index contributed by atoms with van der Waals surface area (Å²) in [5.41, 5.74) is 0.999. The van der Waals surface area contributed by atoms with E-state index in [-0.39, 0.29) is 5.92 Å². The molecule has 1 aromatic carbocycles. The zero-order valence-corrected chi connectivity index (χ0v) is 13.1. The van der Waals surface area contributed by atoms with Crippen LogP contribution >= 0.6 is 15.9 Å². The highest BCUT2D eigenvalue weighted by atomic mass is 79.9. The molecule has 0 saturated carbocycles. The number of benzene rings is 1. The smallest absolute Gasteiger partial charge is 0.307 e. The minimum atomic E-state index is -0.715. The predicted molar refractivity (Wildman–Crippen MR) is 78.3 cm³/mol. The largest absolute Gasteiger partial charge is 0.496 e. The number of methoxy groups -OCH3 is 2. The quantitative estimate of drug-likeness (QED) is 0.889. The van der Waals surface area contributed by atoms with E-state index in [1.807, 2.05) is 12.1 Å². The van der Waals surface area contributed by atoms with Gasteiger partial charge in [-0.2, -0.15) is 0 Å². The van der Waals surface area contributed by atoms with Crippen molar-refractivity contribution in [1.82, 2.24) is 4.90 Å². The molecule has 110 valence electrons. The van der Waals surface area contributed by atoms with Crippen LogP contribution in [0.3, 0.4) is 0 Å². The Labute approximate surface area is 126 Å². The highest BCUT2D eigenvalue weighted by Crippen LogP contribution is 2.34. The number of ether oxygens (including phenoxy) is 2. The average molecular weight is 344 g/mol. The lowest BCUT2D eigenvalue weighted by atomic mass is 10.1. The van der Waals surface area contributed by atoms with E-state index in [0.29, 0.717) is 19.5 Å². The van der Waals surface area contributed by atoms with E-state index in [2.05, 4.69) is 20.8 Å². The van der Waals surface area contributed by atoms with E-state index in [9.17, 15) is 4.79 Å². The van der Waals surface area contributed by atoms with Gasteiger partial charge in [0.2, 0.25) is 0 Å². The molecule has 1 aromatic rings. The molecule has 0 bridgehead atoms. The summed E-state index contributed by atoms with van der Waals surface area (Å²) in [6.07, 6.45) is 0.700. The Morgan fingerprint density at radius 2 is 2.10 bits per heavy atom. The van der Waals surface area contributed by atoms with Crippen LogP contribution in [-0.4, -0.2) is 43.3 Å². The first-order valence-electron chi connectivity index (χ1n) is 6.40. The van der Waals surface area contributed by atoms with Crippen molar-refractivity contribution >= 4 is 21.9 Å². The fourth-order valence-corrected chi connectivity index (χ4v) is 2.95. The topological polar surface area (TPSA) is 59.0 Å². The Balaban J connectivity index is 2.14. The average Bonchev–Trinajstić information content (AvgIpc) is 2.89. The summed E-state index contributed by atoms with van der Waals surface area (Å²) in [4.78, 5) is 13.1. The predicted octanol–water partition coefficient (Wildman–Crippen LogP) is 2.37. The standard InChI is InChI=1S/C14H18BrNO4/c1-19-12-6-11(15)13(20-2)5-10(12)8-16-4-3-9(7-16)14(17)18/h5-6,9H,3-4,7-8H2,1-2H3,(H,17,18). The highest BCUT2D eigenvalue weighted by Gasteiger charge is 2.28. The maximum atomic E-state index is 11.0. The molecule has 5 nitrogen and oxygen atoms in total. The molecular formula is C14H18BrNO4. The van der Waals surface area contributed by atoms with Crippen LogP contribution in [0.25, 0.3) is 0 Å². The maximum absolute atomic E-state index is 11.0. The van der Waals surface area contributed by atoms with Crippen LogP contribution < -0.4 is 9.47 Å². The van der Waals surface area contributed by atoms with Crippen molar-refractivity contribution in [2.24, 2.45) is 5.92 Å². The van der Waals surface area contributed by atoms with Gasteiger partial charge in [-0.05, 0) is 41.0 Å². The number of halogens is 1. The third kappa shape index (κ3) is 3.24. The number of likely N-dealkylation sites (tertiary alicyclic amines) is 1. The van der Waals surface area contributed by atoms with Crippen molar-refractivity contribution in [3.63, 3.8) is 0 Å². The summed E-state index contributed by atoms with van der Waals surface area (Å²) in [6.45, 7) is 2.03. The molecule has 0 radical (unpaired) electrons. The normalized spacial score (nSPS) is 19.1. The molecule has 0 amide bonds. The van der Waals surface area contributed by atoms with Crippen LogP contribution in [0.1, 0.15) is 12.0 Å². The number of hydrogen-bond donors (Lipinski definition) is 1. The number of aliphatic carboxylic acids is 1. The van der Waals surface area contributed by atoms with Crippen molar-refractivity contribution in [3.05, 3.63) is 22.2 Å². The van der Waals surface area contributed by atoms with Gasteiger partial charge in [0, 0.05) is 18.7 Å². The second-order valence-electron chi connectivity index (χ2n) is 4.86. The van der Waals surface area contributed by atoms with Gasteiger partial charge >= 0.3 is 5.97 Å². The minimum absolute atomic E-state index is 0.265. The molecule has 1 aliphatic heterocycles. The summed E-state index contributed by atoms with van der Waals surface area (Å²) in [5, 5.41) is 9.04. The molecule has 0 aromatic heterocycles. The maximum Gasteiger partial charge on any atom is 0.307 e. The third-order valence-corrected chi connectivity index (χ3v) is 4.19. The first-order valence-corrected chi connectivity index (χ1v) is 7.20. The van der Waals surface area contributed by atoms with Crippen LogP contribution in [0.15, 0.2) is 16.6 Å². The molecule has 20 heavy (non-hydrogen) atoms. The number of carboxylic acids is 1. The molecule has 1 atom stereocenters. The van der Waals surface area contributed by atoms with E-state index >= 15 is 0 Å².